The molecule has 2 nitrogen and oxygen atoms in total. The first-order chi connectivity index (χ1) is 9.74. The highest BCUT2D eigenvalue weighted by Crippen LogP contribution is 2.41. The lowest BCUT2D eigenvalue weighted by Crippen LogP contribution is -2.29. The van der Waals surface area contributed by atoms with Crippen LogP contribution in [-0.4, -0.2) is 5.91 Å². The predicted molar refractivity (Wildman–Crippen MR) is 80.8 cm³/mol. The van der Waals surface area contributed by atoms with Crippen molar-refractivity contribution in [3.8, 4) is 0 Å². The standard InChI is InChI=1S/C17H16ClNO/c18-15-10-8-13(9-11-15)16(12-6-7-12)19-17(20)14-4-2-1-3-5-14/h1-5,8-12,16H,6-7H2,(H,19,20)/t16-/m0/s1. The second-order valence-corrected chi connectivity index (χ2v) is 5.64. The zero-order valence-corrected chi connectivity index (χ0v) is 11.8. The summed E-state index contributed by atoms with van der Waals surface area (Å²) < 4.78 is 0. The van der Waals surface area contributed by atoms with Gasteiger partial charge in [-0.15, -0.1) is 0 Å². The zero-order valence-electron chi connectivity index (χ0n) is 11.1. The number of hydrogen-bond donors (Lipinski definition) is 1. The summed E-state index contributed by atoms with van der Waals surface area (Å²) >= 11 is 5.93. The summed E-state index contributed by atoms with van der Waals surface area (Å²) in [4.78, 5) is 12.3. The molecule has 0 radical (unpaired) electrons. The van der Waals surface area contributed by atoms with Gasteiger partial charge in [0, 0.05) is 10.6 Å². The minimum atomic E-state index is -0.0163. The van der Waals surface area contributed by atoms with Crippen molar-refractivity contribution in [3.05, 3.63) is 70.7 Å². The number of carbonyl (C=O) groups excluding carboxylic acids is 1. The van der Waals surface area contributed by atoms with Crippen molar-refractivity contribution in [3.63, 3.8) is 0 Å². The number of halogens is 1. The molecule has 1 aliphatic carbocycles. The van der Waals surface area contributed by atoms with E-state index in [1.807, 2.05) is 54.6 Å². The maximum Gasteiger partial charge on any atom is 0.251 e. The molecule has 0 heterocycles. The summed E-state index contributed by atoms with van der Waals surface area (Å²) in [5, 5.41) is 3.87. The largest absolute Gasteiger partial charge is 0.345 e. The van der Waals surface area contributed by atoms with Crippen LogP contribution in [0.4, 0.5) is 0 Å². The number of hydrogen-bond acceptors (Lipinski definition) is 1. The van der Waals surface area contributed by atoms with Gasteiger partial charge in [0.1, 0.15) is 0 Å². The monoisotopic (exact) mass is 285 g/mol. The lowest BCUT2D eigenvalue weighted by molar-refractivity contribution is 0.0931. The van der Waals surface area contributed by atoms with Gasteiger partial charge in [-0.25, -0.2) is 0 Å². The molecule has 0 bridgehead atoms. The van der Waals surface area contributed by atoms with Crippen LogP contribution < -0.4 is 5.32 Å². The summed E-state index contributed by atoms with van der Waals surface area (Å²) in [5.41, 5.74) is 1.83. The van der Waals surface area contributed by atoms with E-state index in [4.69, 9.17) is 11.6 Å². The number of rotatable bonds is 4. The maximum atomic E-state index is 12.3. The number of benzene rings is 2. The van der Waals surface area contributed by atoms with E-state index in [-0.39, 0.29) is 11.9 Å². The summed E-state index contributed by atoms with van der Waals surface area (Å²) in [6.07, 6.45) is 2.34. The molecule has 102 valence electrons. The first kappa shape index (κ1) is 13.2. The van der Waals surface area contributed by atoms with E-state index in [0.29, 0.717) is 11.5 Å². The van der Waals surface area contributed by atoms with Gasteiger partial charge in [-0.05, 0) is 48.6 Å². The van der Waals surface area contributed by atoms with Gasteiger partial charge in [0.15, 0.2) is 0 Å². The molecule has 1 amide bonds. The number of carbonyl (C=O) groups is 1. The van der Waals surface area contributed by atoms with Gasteiger partial charge in [-0.1, -0.05) is 41.9 Å². The van der Waals surface area contributed by atoms with Gasteiger partial charge < -0.3 is 5.32 Å². The topological polar surface area (TPSA) is 29.1 Å². The van der Waals surface area contributed by atoms with Gasteiger partial charge >= 0.3 is 0 Å². The van der Waals surface area contributed by atoms with Crippen LogP contribution in [0.2, 0.25) is 5.02 Å². The molecule has 0 aliphatic heterocycles. The Labute approximate surface area is 123 Å². The Morgan fingerprint density at radius 3 is 2.30 bits per heavy atom. The van der Waals surface area contributed by atoms with Gasteiger partial charge in [-0.2, -0.15) is 0 Å². The fourth-order valence-electron chi connectivity index (χ4n) is 2.39. The van der Waals surface area contributed by atoms with E-state index >= 15 is 0 Å². The van der Waals surface area contributed by atoms with Crippen LogP contribution in [0.3, 0.4) is 0 Å². The Morgan fingerprint density at radius 1 is 1.05 bits per heavy atom. The Kier molecular flexibility index (Phi) is 3.75. The third kappa shape index (κ3) is 3.02. The van der Waals surface area contributed by atoms with E-state index in [1.54, 1.807) is 0 Å². The van der Waals surface area contributed by atoms with Crippen molar-refractivity contribution < 1.29 is 4.79 Å². The molecule has 20 heavy (non-hydrogen) atoms. The van der Waals surface area contributed by atoms with Crippen molar-refractivity contribution in [2.24, 2.45) is 5.92 Å². The Hall–Kier alpha value is -1.80. The molecule has 1 saturated carbocycles. The first-order valence-electron chi connectivity index (χ1n) is 6.85. The quantitative estimate of drug-likeness (QED) is 0.895. The number of amides is 1. The molecule has 1 N–H and O–H groups in total. The molecule has 2 aromatic carbocycles. The Balaban J connectivity index is 1.78. The van der Waals surface area contributed by atoms with Crippen molar-refractivity contribution >= 4 is 17.5 Å². The molecular formula is C17H16ClNO. The molecular weight excluding hydrogens is 270 g/mol. The molecule has 0 unspecified atom stereocenters. The van der Waals surface area contributed by atoms with Gasteiger partial charge in [0.25, 0.3) is 5.91 Å². The second kappa shape index (κ2) is 5.68. The average Bonchev–Trinajstić information content (AvgIpc) is 3.31. The van der Waals surface area contributed by atoms with E-state index in [9.17, 15) is 4.79 Å². The fourth-order valence-corrected chi connectivity index (χ4v) is 2.51. The second-order valence-electron chi connectivity index (χ2n) is 5.21. The zero-order chi connectivity index (χ0) is 13.9. The third-order valence-electron chi connectivity index (χ3n) is 3.65. The molecule has 1 aliphatic rings. The summed E-state index contributed by atoms with van der Waals surface area (Å²) in [6, 6.07) is 17.2. The van der Waals surface area contributed by atoms with Crippen LogP contribution in [0.5, 0.6) is 0 Å². The Morgan fingerprint density at radius 2 is 1.70 bits per heavy atom. The van der Waals surface area contributed by atoms with Crippen molar-refractivity contribution in [2.45, 2.75) is 18.9 Å². The van der Waals surface area contributed by atoms with E-state index in [1.165, 1.54) is 12.8 Å². The Bertz CT molecular complexity index is 590. The maximum absolute atomic E-state index is 12.3. The first-order valence-corrected chi connectivity index (χ1v) is 7.23. The van der Waals surface area contributed by atoms with E-state index in [2.05, 4.69) is 5.32 Å². The molecule has 1 fully saturated rings. The van der Waals surface area contributed by atoms with Gasteiger partial charge in [0.05, 0.1) is 6.04 Å². The molecule has 3 rings (SSSR count). The smallest absolute Gasteiger partial charge is 0.251 e. The van der Waals surface area contributed by atoms with Crippen LogP contribution in [0.25, 0.3) is 0 Å². The molecule has 0 spiro atoms. The van der Waals surface area contributed by atoms with Gasteiger partial charge in [0.2, 0.25) is 0 Å². The third-order valence-corrected chi connectivity index (χ3v) is 3.90. The van der Waals surface area contributed by atoms with Crippen molar-refractivity contribution in [2.75, 3.05) is 0 Å². The SMILES string of the molecule is O=C(N[C@H](c1ccc(Cl)cc1)C1CC1)c1ccccc1. The highest BCUT2D eigenvalue weighted by atomic mass is 35.5. The van der Waals surface area contributed by atoms with Gasteiger partial charge in [-0.3, -0.25) is 4.79 Å². The molecule has 0 aromatic heterocycles. The van der Waals surface area contributed by atoms with Crippen LogP contribution in [0.15, 0.2) is 54.6 Å². The highest BCUT2D eigenvalue weighted by Gasteiger charge is 2.33. The van der Waals surface area contributed by atoms with Crippen LogP contribution in [0.1, 0.15) is 34.8 Å². The van der Waals surface area contributed by atoms with Crippen LogP contribution >= 0.6 is 11.6 Å². The number of nitrogens with one attached hydrogen (secondary N) is 1. The summed E-state index contributed by atoms with van der Waals surface area (Å²) in [7, 11) is 0. The van der Waals surface area contributed by atoms with Crippen molar-refractivity contribution in [1.82, 2.24) is 5.32 Å². The normalized spacial score (nSPS) is 15.7. The summed E-state index contributed by atoms with van der Waals surface area (Å²) in [6.45, 7) is 0. The van der Waals surface area contributed by atoms with Crippen molar-refractivity contribution in [1.29, 1.82) is 0 Å². The van der Waals surface area contributed by atoms with E-state index in [0.717, 1.165) is 10.6 Å². The lowest BCUT2D eigenvalue weighted by Gasteiger charge is -2.19. The minimum absolute atomic E-state index is 0.0163. The predicted octanol–water partition coefficient (Wildman–Crippen LogP) is 4.22. The van der Waals surface area contributed by atoms with Crippen LogP contribution in [0, 0.1) is 5.92 Å². The van der Waals surface area contributed by atoms with Crippen LogP contribution in [-0.2, 0) is 0 Å². The van der Waals surface area contributed by atoms with E-state index < -0.39 is 0 Å². The average molecular weight is 286 g/mol. The molecule has 0 saturated heterocycles. The highest BCUT2D eigenvalue weighted by molar-refractivity contribution is 6.30. The molecule has 3 heteroatoms. The molecule has 1 atom stereocenters. The fraction of sp³-hybridized carbons (Fsp3) is 0.235. The molecule has 2 aromatic rings. The minimum Gasteiger partial charge on any atom is -0.345 e. The lowest BCUT2D eigenvalue weighted by atomic mass is 10.0. The summed E-state index contributed by atoms with van der Waals surface area (Å²) in [5.74, 6) is 0.529.